The molecule has 0 saturated heterocycles. The Kier molecular flexibility index (Phi) is 4.38. The molecule has 0 bridgehead atoms. The van der Waals surface area contributed by atoms with Gasteiger partial charge in [-0.15, -0.1) is 0 Å². The van der Waals surface area contributed by atoms with Crippen molar-refractivity contribution >= 4 is 63.7 Å². The zero-order valence-corrected chi connectivity index (χ0v) is 12.9. The van der Waals surface area contributed by atoms with E-state index in [1.165, 1.54) is 18.2 Å². The second-order valence-corrected chi connectivity index (χ2v) is 5.57. The van der Waals surface area contributed by atoms with Crippen LogP contribution in [0.25, 0.3) is 11.1 Å². The molecule has 0 radical (unpaired) electrons. The van der Waals surface area contributed by atoms with Gasteiger partial charge in [0.15, 0.2) is 0 Å². The molecule has 19 heavy (non-hydrogen) atoms. The van der Waals surface area contributed by atoms with E-state index in [2.05, 4.69) is 0 Å². The Hall–Kier alpha value is -0.380. The standard InChI is InChI=1S/C12H5Cl5FN/c13-8-7(5-3-4(18)1-2-6(5)19)9(14)11(16)12(17)10(8)15/h1-3H,19H2. The van der Waals surface area contributed by atoms with E-state index in [0.717, 1.165) is 0 Å². The van der Waals surface area contributed by atoms with Gasteiger partial charge in [-0.2, -0.15) is 0 Å². The van der Waals surface area contributed by atoms with Crippen LogP contribution in [0, 0.1) is 5.82 Å². The monoisotopic (exact) mass is 357 g/mol. The minimum atomic E-state index is -0.487. The molecule has 2 aromatic carbocycles. The van der Waals surface area contributed by atoms with E-state index >= 15 is 0 Å². The first-order valence-electron chi connectivity index (χ1n) is 4.91. The van der Waals surface area contributed by atoms with Crippen molar-refractivity contribution in [3.05, 3.63) is 49.1 Å². The maximum absolute atomic E-state index is 13.3. The van der Waals surface area contributed by atoms with E-state index in [0.29, 0.717) is 11.3 Å². The van der Waals surface area contributed by atoms with Crippen LogP contribution < -0.4 is 5.73 Å². The summed E-state index contributed by atoms with van der Waals surface area (Å²) in [5, 5.41) is 0.251. The minimum Gasteiger partial charge on any atom is -0.398 e. The number of nitrogen functional groups attached to an aromatic ring is 1. The smallest absolute Gasteiger partial charge is 0.123 e. The lowest BCUT2D eigenvalue weighted by Gasteiger charge is -2.14. The normalized spacial score (nSPS) is 10.8. The number of nitrogens with two attached hydrogens (primary N) is 1. The highest BCUT2D eigenvalue weighted by Crippen LogP contribution is 2.49. The van der Waals surface area contributed by atoms with Crippen LogP contribution in [0.3, 0.4) is 0 Å². The fraction of sp³-hybridized carbons (Fsp3) is 0. The lowest BCUT2D eigenvalue weighted by molar-refractivity contribution is 0.628. The van der Waals surface area contributed by atoms with Gasteiger partial charge in [0.1, 0.15) is 5.82 Å². The summed E-state index contributed by atoms with van der Waals surface area (Å²) < 4.78 is 13.3. The minimum absolute atomic E-state index is 0.0383. The van der Waals surface area contributed by atoms with Gasteiger partial charge in [-0.25, -0.2) is 4.39 Å². The highest BCUT2D eigenvalue weighted by Gasteiger charge is 2.21. The number of benzene rings is 2. The van der Waals surface area contributed by atoms with Gasteiger partial charge >= 0.3 is 0 Å². The molecule has 2 rings (SSSR count). The molecule has 0 fully saturated rings. The van der Waals surface area contributed by atoms with Gasteiger partial charge in [0.25, 0.3) is 0 Å². The predicted octanol–water partition coefficient (Wildman–Crippen LogP) is 6.34. The molecular weight excluding hydrogens is 354 g/mol. The lowest BCUT2D eigenvalue weighted by atomic mass is 10.0. The van der Waals surface area contributed by atoms with Gasteiger partial charge in [0.2, 0.25) is 0 Å². The molecule has 0 atom stereocenters. The molecule has 0 unspecified atom stereocenters. The Bertz CT molecular complexity index is 643. The molecule has 0 heterocycles. The second kappa shape index (κ2) is 5.55. The van der Waals surface area contributed by atoms with Crippen LogP contribution in [-0.4, -0.2) is 0 Å². The number of hydrogen-bond acceptors (Lipinski definition) is 1. The predicted molar refractivity (Wildman–Crippen MR) is 81.3 cm³/mol. The van der Waals surface area contributed by atoms with Crippen molar-refractivity contribution in [1.29, 1.82) is 0 Å². The first-order chi connectivity index (χ1) is 8.84. The van der Waals surface area contributed by atoms with E-state index in [4.69, 9.17) is 63.7 Å². The van der Waals surface area contributed by atoms with Gasteiger partial charge < -0.3 is 5.73 Å². The average molecular weight is 359 g/mol. The summed E-state index contributed by atoms with van der Waals surface area (Å²) in [5.74, 6) is -0.487. The van der Waals surface area contributed by atoms with Gasteiger partial charge in [0, 0.05) is 16.8 Å². The van der Waals surface area contributed by atoms with Crippen molar-refractivity contribution in [3.8, 4) is 11.1 Å². The summed E-state index contributed by atoms with van der Waals surface area (Å²) in [7, 11) is 0. The van der Waals surface area contributed by atoms with Crippen LogP contribution in [0.5, 0.6) is 0 Å². The number of rotatable bonds is 1. The average Bonchev–Trinajstić information content (AvgIpc) is 2.38. The van der Waals surface area contributed by atoms with Crippen LogP contribution in [0.15, 0.2) is 18.2 Å². The second-order valence-electron chi connectivity index (χ2n) is 3.68. The van der Waals surface area contributed by atoms with Gasteiger partial charge in [-0.3, -0.25) is 0 Å². The Morgan fingerprint density at radius 1 is 0.789 bits per heavy atom. The fourth-order valence-electron chi connectivity index (χ4n) is 1.59. The lowest BCUT2D eigenvalue weighted by Crippen LogP contribution is -1.94. The molecule has 0 spiro atoms. The third kappa shape index (κ3) is 2.61. The van der Waals surface area contributed by atoms with Gasteiger partial charge in [-0.05, 0) is 18.2 Å². The molecule has 100 valence electrons. The van der Waals surface area contributed by atoms with E-state index in [1.54, 1.807) is 0 Å². The highest BCUT2D eigenvalue weighted by atomic mass is 35.5. The molecule has 0 aromatic heterocycles. The highest BCUT2D eigenvalue weighted by molar-refractivity contribution is 6.56. The van der Waals surface area contributed by atoms with Crippen molar-refractivity contribution in [3.63, 3.8) is 0 Å². The molecule has 0 aliphatic carbocycles. The molecular formula is C12H5Cl5FN. The number of hydrogen-bond donors (Lipinski definition) is 1. The maximum atomic E-state index is 13.3. The first kappa shape index (κ1) is 15.0. The summed E-state index contributed by atoms with van der Waals surface area (Å²) in [4.78, 5) is 0. The van der Waals surface area contributed by atoms with Gasteiger partial charge in [0.05, 0.1) is 25.1 Å². The fourth-order valence-corrected chi connectivity index (χ4v) is 2.93. The maximum Gasteiger partial charge on any atom is 0.123 e. The Balaban J connectivity index is 2.87. The molecule has 7 heteroatoms. The summed E-state index contributed by atoms with van der Waals surface area (Å²) in [6, 6.07) is 3.82. The zero-order valence-electron chi connectivity index (χ0n) is 9.08. The van der Waals surface area contributed by atoms with E-state index in [-0.39, 0.29) is 30.7 Å². The molecule has 0 aliphatic heterocycles. The van der Waals surface area contributed by atoms with Crippen molar-refractivity contribution in [1.82, 2.24) is 0 Å². The molecule has 0 amide bonds. The Morgan fingerprint density at radius 2 is 1.26 bits per heavy atom. The number of halogens is 6. The number of anilines is 1. The van der Waals surface area contributed by atoms with Crippen LogP contribution in [0.2, 0.25) is 25.1 Å². The van der Waals surface area contributed by atoms with Gasteiger partial charge in [-0.1, -0.05) is 58.0 Å². The summed E-state index contributed by atoms with van der Waals surface area (Å²) in [5.41, 5.74) is 6.64. The van der Waals surface area contributed by atoms with E-state index in [1.807, 2.05) is 0 Å². The molecule has 1 nitrogen and oxygen atoms in total. The summed E-state index contributed by atoms with van der Waals surface area (Å²) >= 11 is 30.0. The SMILES string of the molecule is Nc1ccc(F)cc1-c1c(Cl)c(Cl)c(Cl)c(Cl)c1Cl. The topological polar surface area (TPSA) is 26.0 Å². The third-order valence-electron chi connectivity index (χ3n) is 2.49. The van der Waals surface area contributed by atoms with Crippen LogP contribution in [0.1, 0.15) is 0 Å². The van der Waals surface area contributed by atoms with E-state index < -0.39 is 5.82 Å². The van der Waals surface area contributed by atoms with Crippen molar-refractivity contribution in [2.45, 2.75) is 0 Å². The van der Waals surface area contributed by atoms with Crippen LogP contribution in [-0.2, 0) is 0 Å². The molecule has 0 saturated carbocycles. The third-order valence-corrected chi connectivity index (χ3v) is 4.77. The van der Waals surface area contributed by atoms with Crippen molar-refractivity contribution < 1.29 is 4.39 Å². The summed E-state index contributed by atoms with van der Waals surface area (Å²) in [6.07, 6.45) is 0. The largest absolute Gasteiger partial charge is 0.398 e. The van der Waals surface area contributed by atoms with Crippen molar-refractivity contribution in [2.24, 2.45) is 0 Å². The zero-order chi connectivity index (χ0) is 14.3. The van der Waals surface area contributed by atoms with Crippen molar-refractivity contribution in [2.75, 3.05) is 5.73 Å². The Morgan fingerprint density at radius 3 is 1.79 bits per heavy atom. The van der Waals surface area contributed by atoms with E-state index in [9.17, 15) is 4.39 Å². The summed E-state index contributed by atoms with van der Waals surface area (Å²) in [6.45, 7) is 0. The quantitative estimate of drug-likeness (QED) is 0.359. The molecule has 2 aromatic rings. The molecule has 0 aliphatic rings. The first-order valence-corrected chi connectivity index (χ1v) is 6.80. The Labute approximate surface area is 134 Å². The van der Waals surface area contributed by atoms with Crippen LogP contribution >= 0.6 is 58.0 Å². The van der Waals surface area contributed by atoms with Crippen LogP contribution in [0.4, 0.5) is 10.1 Å². The molecule has 2 N–H and O–H groups in total.